The van der Waals surface area contributed by atoms with E-state index in [0.29, 0.717) is 5.69 Å². The molecule has 5 nitrogen and oxygen atoms in total. The van der Waals surface area contributed by atoms with E-state index in [2.05, 4.69) is 5.32 Å². The van der Waals surface area contributed by atoms with Gasteiger partial charge >= 0.3 is 0 Å². The molecule has 0 unspecified atom stereocenters. The number of anilines is 2. The molecule has 0 radical (unpaired) electrons. The Bertz CT molecular complexity index is 828. The van der Waals surface area contributed by atoms with Crippen molar-refractivity contribution in [2.45, 2.75) is 4.90 Å². The highest BCUT2D eigenvalue weighted by molar-refractivity contribution is 7.90. The van der Waals surface area contributed by atoms with E-state index in [4.69, 9.17) is 28.9 Å². The van der Waals surface area contributed by atoms with Crippen molar-refractivity contribution in [3.05, 3.63) is 52.0 Å². The maximum absolute atomic E-state index is 12.2. The minimum Gasteiger partial charge on any atom is -0.396 e. The molecule has 2 aromatic rings. The number of halogens is 2. The van der Waals surface area contributed by atoms with Crippen molar-refractivity contribution in [3.63, 3.8) is 0 Å². The van der Waals surface area contributed by atoms with Crippen molar-refractivity contribution in [2.75, 3.05) is 17.3 Å². The molecule has 2 rings (SSSR count). The van der Waals surface area contributed by atoms with E-state index in [-0.39, 0.29) is 26.2 Å². The summed E-state index contributed by atoms with van der Waals surface area (Å²) in [5.41, 5.74) is 6.40. The van der Waals surface area contributed by atoms with Crippen molar-refractivity contribution >= 4 is 50.3 Å². The highest BCUT2D eigenvalue weighted by atomic mass is 35.5. The summed E-state index contributed by atoms with van der Waals surface area (Å²) in [4.78, 5) is 12.2. The molecule has 0 aliphatic heterocycles. The van der Waals surface area contributed by atoms with E-state index in [1.807, 2.05) is 0 Å². The zero-order valence-electron chi connectivity index (χ0n) is 11.4. The van der Waals surface area contributed by atoms with Gasteiger partial charge in [0.1, 0.15) is 0 Å². The van der Waals surface area contributed by atoms with Crippen LogP contribution in [0.2, 0.25) is 10.0 Å². The highest BCUT2D eigenvalue weighted by Gasteiger charge is 2.13. The summed E-state index contributed by atoms with van der Waals surface area (Å²) < 4.78 is 23.0. The Balaban J connectivity index is 2.30. The second-order valence-electron chi connectivity index (χ2n) is 4.61. The lowest BCUT2D eigenvalue weighted by Crippen LogP contribution is -2.13. The molecule has 0 fully saturated rings. The van der Waals surface area contributed by atoms with Crippen LogP contribution in [0.3, 0.4) is 0 Å². The van der Waals surface area contributed by atoms with Crippen LogP contribution in [0.1, 0.15) is 10.4 Å². The summed E-state index contributed by atoms with van der Waals surface area (Å²) in [6.07, 6.45) is 1.07. The smallest absolute Gasteiger partial charge is 0.255 e. The molecular formula is C14H12Cl2N2O3S. The van der Waals surface area contributed by atoms with Crippen molar-refractivity contribution in [1.82, 2.24) is 0 Å². The molecule has 8 heteroatoms. The van der Waals surface area contributed by atoms with Crippen LogP contribution in [0.5, 0.6) is 0 Å². The Hall–Kier alpha value is -1.76. The fraction of sp³-hybridized carbons (Fsp3) is 0.0714. The van der Waals surface area contributed by atoms with Gasteiger partial charge in [-0.1, -0.05) is 29.3 Å². The molecule has 116 valence electrons. The van der Waals surface area contributed by atoms with Crippen molar-refractivity contribution < 1.29 is 13.2 Å². The van der Waals surface area contributed by atoms with Crippen LogP contribution in [-0.2, 0) is 9.84 Å². The highest BCUT2D eigenvalue weighted by Crippen LogP contribution is 2.31. The first-order valence-corrected chi connectivity index (χ1v) is 8.69. The summed E-state index contributed by atoms with van der Waals surface area (Å²) in [7, 11) is -3.39. The molecule has 0 aliphatic carbocycles. The zero-order valence-corrected chi connectivity index (χ0v) is 13.8. The molecule has 1 amide bonds. The minimum absolute atomic E-state index is 0.0634. The van der Waals surface area contributed by atoms with E-state index >= 15 is 0 Å². The van der Waals surface area contributed by atoms with Crippen LogP contribution in [0.25, 0.3) is 0 Å². The van der Waals surface area contributed by atoms with Gasteiger partial charge in [-0.15, -0.1) is 0 Å². The number of nitrogens with one attached hydrogen (secondary N) is 1. The molecule has 22 heavy (non-hydrogen) atoms. The maximum atomic E-state index is 12.2. The summed E-state index contributed by atoms with van der Waals surface area (Å²) in [5, 5.41) is 3.02. The summed E-state index contributed by atoms with van der Waals surface area (Å²) in [5.74, 6) is -0.484. The fourth-order valence-electron chi connectivity index (χ4n) is 1.73. The van der Waals surface area contributed by atoms with Crippen LogP contribution in [-0.4, -0.2) is 20.6 Å². The second kappa shape index (κ2) is 6.16. The van der Waals surface area contributed by atoms with Gasteiger partial charge in [-0.3, -0.25) is 4.79 Å². The number of carbonyl (C=O) groups is 1. The first kappa shape index (κ1) is 16.6. The van der Waals surface area contributed by atoms with E-state index < -0.39 is 15.7 Å². The maximum Gasteiger partial charge on any atom is 0.255 e. The molecule has 0 saturated heterocycles. The largest absolute Gasteiger partial charge is 0.396 e. The number of nitrogen functional groups attached to an aromatic ring is 1. The van der Waals surface area contributed by atoms with E-state index in [1.54, 1.807) is 0 Å². The number of benzene rings is 2. The van der Waals surface area contributed by atoms with Gasteiger partial charge in [0.25, 0.3) is 5.91 Å². The Labute approximate surface area is 138 Å². The van der Waals surface area contributed by atoms with Crippen LogP contribution in [0.15, 0.2) is 41.3 Å². The van der Waals surface area contributed by atoms with Crippen molar-refractivity contribution in [3.8, 4) is 0 Å². The molecule has 0 saturated carbocycles. The Morgan fingerprint density at radius 2 is 1.73 bits per heavy atom. The SMILES string of the molecule is CS(=O)(=O)c1cccc(C(=O)Nc2cc(Cl)c(N)c(Cl)c2)c1. The third-order valence-electron chi connectivity index (χ3n) is 2.86. The molecule has 3 N–H and O–H groups in total. The van der Waals surface area contributed by atoms with E-state index in [0.717, 1.165) is 6.26 Å². The van der Waals surface area contributed by atoms with Gasteiger partial charge in [-0.2, -0.15) is 0 Å². The average molecular weight is 359 g/mol. The first-order valence-electron chi connectivity index (χ1n) is 6.04. The lowest BCUT2D eigenvalue weighted by atomic mass is 10.2. The lowest BCUT2D eigenvalue weighted by Gasteiger charge is -2.09. The number of hydrogen-bond acceptors (Lipinski definition) is 4. The van der Waals surface area contributed by atoms with Gasteiger partial charge in [0.05, 0.1) is 20.6 Å². The predicted octanol–water partition coefficient (Wildman–Crippen LogP) is 3.23. The second-order valence-corrected chi connectivity index (χ2v) is 7.44. The number of carbonyl (C=O) groups excluding carboxylic acids is 1. The molecule has 0 aromatic heterocycles. The topological polar surface area (TPSA) is 89.3 Å². The summed E-state index contributed by atoms with van der Waals surface area (Å²) >= 11 is 11.8. The predicted molar refractivity (Wildman–Crippen MR) is 88.4 cm³/mol. The van der Waals surface area contributed by atoms with Crippen molar-refractivity contribution in [1.29, 1.82) is 0 Å². The third kappa shape index (κ3) is 3.71. The fourth-order valence-corrected chi connectivity index (χ4v) is 2.88. The molecule has 0 atom stereocenters. The Kier molecular flexibility index (Phi) is 4.65. The van der Waals surface area contributed by atoms with Gasteiger partial charge in [0.15, 0.2) is 9.84 Å². The van der Waals surface area contributed by atoms with Crippen LogP contribution in [0, 0.1) is 0 Å². The summed E-state index contributed by atoms with van der Waals surface area (Å²) in [6, 6.07) is 8.63. The molecular weight excluding hydrogens is 347 g/mol. The monoisotopic (exact) mass is 358 g/mol. The zero-order chi connectivity index (χ0) is 16.5. The number of sulfone groups is 1. The average Bonchev–Trinajstić information content (AvgIpc) is 2.44. The number of rotatable bonds is 3. The van der Waals surface area contributed by atoms with E-state index in [9.17, 15) is 13.2 Å². The normalized spacial score (nSPS) is 11.2. The Morgan fingerprint density at radius 1 is 1.14 bits per heavy atom. The van der Waals surface area contributed by atoms with Gasteiger partial charge in [-0.25, -0.2) is 8.42 Å². The molecule has 0 spiro atoms. The van der Waals surface area contributed by atoms with Gasteiger partial charge in [-0.05, 0) is 30.3 Å². The first-order chi connectivity index (χ1) is 10.2. The van der Waals surface area contributed by atoms with Gasteiger partial charge in [0, 0.05) is 17.5 Å². The van der Waals surface area contributed by atoms with Crippen LogP contribution >= 0.6 is 23.2 Å². The molecule has 0 bridgehead atoms. The van der Waals surface area contributed by atoms with Crippen LogP contribution in [0.4, 0.5) is 11.4 Å². The minimum atomic E-state index is -3.39. The quantitative estimate of drug-likeness (QED) is 0.824. The lowest BCUT2D eigenvalue weighted by molar-refractivity contribution is 0.102. The number of amides is 1. The van der Waals surface area contributed by atoms with Crippen molar-refractivity contribution in [2.24, 2.45) is 0 Å². The van der Waals surface area contributed by atoms with E-state index in [1.165, 1.54) is 36.4 Å². The van der Waals surface area contributed by atoms with Gasteiger partial charge < -0.3 is 11.1 Å². The molecule has 0 aliphatic rings. The summed E-state index contributed by atoms with van der Waals surface area (Å²) in [6.45, 7) is 0. The van der Waals surface area contributed by atoms with Crippen LogP contribution < -0.4 is 11.1 Å². The number of hydrogen-bond donors (Lipinski definition) is 2. The number of nitrogens with two attached hydrogens (primary N) is 1. The standard InChI is InChI=1S/C14H12Cl2N2O3S/c1-22(20,21)10-4-2-3-8(5-10)14(19)18-9-6-11(15)13(17)12(16)7-9/h2-7H,17H2,1H3,(H,18,19). The van der Waals surface area contributed by atoms with Gasteiger partial charge in [0.2, 0.25) is 0 Å². The Morgan fingerprint density at radius 3 is 2.27 bits per heavy atom. The molecule has 0 heterocycles. The third-order valence-corrected chi connectivity index (χ3v) is 4.60. The molecule has 2 aromatic carbocycles.